The molecule has 0 bridgehead atoms. The highest BCUT2D eigenvalue weighted by atomic mass is 33.1. The number of carbonyl (C=O) groups is 4. The molecule has 2 N–H and O–H groups in total. The molecule has 4 aliphatic heterocycles. The Labute approximate surface area is 453 Å². The highest BCUT2D eigenvalue weighted by Gasteiger charge is 2.39. The number of para-hydroxylation sites is 2. The zero-order valence-corrected chi connectivity index (χ0v) is 46.2. The number of benzene rings is 5. The SMILES string of the molecule is CCCCCCC(=O)C(CCSSC(C)(C)CCC(=O)Nc1cc(COc2cc3c(cc2C)C(=O)N2c4ccccc4C[C@H]2C=N3)cc(COc2cc3c(cc2OC)C(=O)N2c4ccccc4C[C@H]2CC3)c1)S(=O)(=O)O. The third-order valence-corrected chi connectivity index (χ3v) is 19.2. The van der Waals surface area contributed by atoms with Crippen molar-refractivity contribution in [2.75, 3.05) is 28.0 Å². The number of unbranched alkanes of at least 4 members (excludes halogenated alkanes) is 3. The lowest BCUT2D eigenvalue weighted by atomic mass is 9.99. The maximum absolute atomic E-state index is 14.2. The summed E-state index contributed by atoms with van der Waals surface area (Å²) in [6.07, 6.45) is 9.02. The van der Waals surface area contributed by atoms with Crippen LogP contribution >= 0.6 is 21.6 Å². The standard InChI is InChI=1S/C59H66N4O10S3/c1-6-7-8-9-18-51(64)55(76(68,69)70)22-24-74-75-59(3,4)23-21-56(65)61-43-27-38(35-72-52-33-48-47(25-37(52)2)58(67)63-45(34-60-48)30-42-15-11-13-17-50(42)63)26-39(28-43)36-73-54-31-40-19-20-44-29-41-14-10-12-16-49(41)62(44)57(66)46(40)32-53(54)71-5/h10-17,25-28,31-34,44-45,55H,6-9,18-24,29-30,35-36H2,1-5H3,(H,61,65)(H,68,69,70)/t44-,45+,55?/m1/s1. The summed E-state index contributed by atoms with van der Waals surface area (Å²) in [4.78, 5) is 63.3. The fraction of sp³-hybridized carbons (Fsp3) is 0.407. The molecule has 14 nitrogen and oxygen atoms in total. The molecule has 0 spiro atoms. The number of carbonyl (C=O) groups excluding carboxylic acids is 4. The molecule has 0 aromatic heterocycles. The second-order valence-electron chi connectivity index (χ2n) is 20.7. The molecular weight excluding hydrogens is 1020 g/mol. The zero-order valence-electron chi connectivity index (χ0n) is 43.8. The van der Waals surface area contributed by atoms with Crippen LogP contribution in [0.25, 0.3) is 0 Å². The molecule has 3 amide bonds. The number of ether oxygens (including phenoxy) is 3. The maximum Gasteiger partial charge on any atom is 0.275 e. The first kappa shape index (κ1) is 54.6. The summed E-state index contributed by atoms with van der Waals surface area (Å²) in [5.41, 5.74) is 9.43. The number of methoxy groups -OCH3 is 1. The molecule has 4 heterocycles. The van der Waals surface area contributed by atoms with Crippen molar-refractivity contribution in [3.63, 3.8) is 0 Å². The molecule has 5 aromatic carbocycles. The van der Waals surface area contributed by atoms with Crippen LogP contribution in [0.1, 0.15) is 133 Å². The highest BCUT2D eigenvalue weighted by Crippen LogP contribution is 2.43. The average molecular weight is 1090 g/mol. The van der Waals surface area contributed by atoms with E-state index in [9.17, 15) is 32.1 Å². The normalized spacial score (nSPS) is 16.9. The molecule has 0 fully saturated rings. The predicted octanol–water partition coefficient (Wildman–Crippen LogP) is 12.0. The summed E-state index contributed by atoms with van der Waals surface area (Å²) in [7, 11) is -0.0443. The molecule has 1 unspecified atom stereocenters. The van der Waals surface area contributed by atoms with Gasteiger partial charge in [-0.15, -0.1) is 0 Å². The largest absolute Gasteiger partial charge is 0.493 e. The van der Waals surface area contributed by atoms with E-state index in [1.165, 1.54) is 27.2 Å². The number of aliphatic imine (C=N–C) groups is 1. The Morgan fingerprint density at radius 3 is 2.21 bits per heavy atom. The van der Waals surface area contributed by atoms with Crippen molar-refractivity contribution in [1.82, 2.24) is 0 Å². The quantitative estimate of drug-likeness (QED) is 0.0359. The van der Waals surface area contributed by atoms with E-state index in [2.05, 4.69) is 18.3 Å². The second-order valence-corrected chi connectivity index (χ2v) is 25.5. The first-order valence-electron chi connectivity index (χ1n) is 26.2. The van der Waals surface area contributed by atoms with Gasteiger partial charge in [0.05, 0.1) is 24.4 Å². The van der Waals surface area contributed by atoms with Gasteiger partial charge in [-0.2, -0.15) is 8.42 Å². The Hall–Kier alpha value is -6.14. The summed E-state index contributed by atoms with van der Waals surface area (Å²) in [5.74, 6) is 0.984. The lowest BCUT2D eigenvalue weighted by molar-refractivity contribution is -0.119. The van der Waals surface area contributed by atoms with Crippen LogP contribution in [0.3, 0.4) is 0 Å². The van der Waals surface area contributed by atoms with Crippen molar-refractivity contribution >= 4 is 84.2 Å². The van der Waals surface area contributed by atoms with Crippen LogP contribution in [-0.4, -0.2) is 77.6 Å². The van der Waals surface area contributed by atoms with Gasteiger partial charge in [0.2, 0.25) is 5.91 Å². The number of rotatable bonds is 23. The van der Waals surface area contributed by atoms with Gasteiger partial charge in [0, 0.05) is 70.7 Å². The van der Waals surface area contributed by atoms with Crippen LogP contribution in [0.5, 0.6) is 17.2 Å². The van der Waals surface area contributed by atoms with Crippen LogP contribution in [-0.2, 0) is 52.2 Å². The van der Waals surface area contributed by atoms with E-state index in [4.69, 9.17) is 19.2 Å². The zero-order chi connectivity index (χ0) is 53.7. The average Bonchev–Trinajstić information content (AvgIpc) is 3.95. The van der Waals surface area contributed by atoms with E-state index in [0.717, 1.165) is 71.3 Å². The van der Waals surface area contributed by atoms with Crippen molar-refractivity contribution in [2.45, 2.75) is 140 Å². The van der Waals surface area contributed by atoms with E-state index in [0.29, 0.717) is 71.2 Å². The topological polar surface area (TPSA) is 181 Å². The second kappa shape index (κ2) is 23.6. The number of Topliss-reactive ketones (excluding diaryl/α,β-unsaturated/α-hetero) is 1. The number of ketones is 1. The molecule has 0 saturated heterocycles. The smallest absolute Gasteiger partial charge is 0.275 e. The Kier molecular flexibility index (Phi) is 17.0. The van der Waals surface area contributed by atoms with E-state index in [1.807, 2.05) is 110 Å². The van der Waals surface area contributed by atoms with E-state index < -0.39 is 25.9 Å². The van der Waals surface area contributed by atoms with Gasteiger partial charge < -0.3 is 24.4 Å². The summed E-state index contributed by atoms with van der Waals surface area (Å²) in [5, 5.41) is 1.65. The predicted molar refractivity (Wildman–Crippen MR) is 303 cm³/mol. The van der Waals surface area contributed by atoms with Gasteiger partial charge in [0.15, 0.2) is 17.3 Å². The van der Waals surface area contributed by atoms with E-state index >= 15 is 0 Å². The lowest BCUT2D eigenvalue weighted by Crippen LogP contribution is -2.37. The van der Waals surface area contributed by atoms with Crippen molar-refractivity contribution < 1.29 is 46.4 Å². The maximum atomic E-state index is 14.2. The van der Waals surface area contributed by atoms with Crippen LogP contribution in [0.2, 0.25) is 0 Å². The minimum Gasteiger partial charge on any atom is -0.493 e. The van der Waals surface area contributed by atoms with Gasteiger partial charge >= 0.3 is 0 Å². The fourth-order valence-corrected chi connectivity index (χ4v) is 14.3. The van der Waals surface area contributed by atoms with Crippen molar-refractivity contribution in [2.24, 2.45) is 4.99 Å². The number of amides is 3. The van der Waals surface area contributed by atoms with Crippen LogP contribution in [0, 0.1) is 6.92 Å². The van der Waals surface area contributed by atoms with E-state index in [-0.39, 0.29) is 62.3 Å². The number of nitrogens with zero attached hydrogens (tertiary/aromatic N) is 3. The monoisotopic (exact) mass is 1090 g/mol. The number of anilines is 3. The third kappa shape index (κ3) is 12.5. The number of nitrogens with one attached hydrogen (secondary N) is 1. The van der Waals surface area contributed by atoms with Gasteiger partial charge in [-0.3, -0.25) is 33.6 Å². The van der Waals surface area contributed by atoms with Crippen LogP contribution < -0.4 is 29.3 Å². The Morgan fingerprint density at radius 1 is 0.816 bits per heavy atom. The van der Waals surface area contributed by atoms with Gasteiger partial charge in [0.25, 0.3) is 21.9 Å². The van der Waals surface area contributed by atoms with Gasteiger partial charge in [0.1, 0.15) is 24.2 Å². The molecule has 3 atom stereocenters. The molecule has 5 aromatic rings. The van der Waals surface area contributed by atoms with Crippen molar-refractivity contribution in [3.05, 3.63) is 136 Å². The van der Waals surface area contributed by atoms with E-state index in [1.54, 1.807) is 19.2 Å². The Bertz CT molecular complexity index is 3180. The molecular formula is C59H66N4O10S3. The molecule has 9 rings (SSSR count). The minimum atomic E-state index is -4.53. The first-order chi connectivity index (χ1) is 36.5. The first-order valence-corrected chi connectivity index (χ1v) is 30.0. The number of hydrogen-bond acceptors (Lipinski definition) is 12. The molecule has 76 heavy (non-hydrogen) atoms. The van der Waals surface area contributed by atoms with Gasteiger partial charge in [-0.05, 0) is 141 Å². The summed E-state index contributed by atoms with van der Waals surface area (Å²) in [6.45, 7) is 8.19. The fourth-order valence-electron chi connectivity index (χ4n) is 10.6. The number of fused-ring (bicyclic) bond motifs is 8. The van der Waals surface area contributed by atoms with Crippen molar-refractivity contribution in [3.8, 4) is 17.2 Å². The van der Waals surface area contributed by atoms with Gasteiger partial charge in [-0.25, -0.2) is 0 Å². The van der Waals surface area contributed by atoms with Crippen molar-refractivity contribution in [1.29, 1.82) is 0 Å². The Morgan fingerprint density at radius 2 is 1.50 bits per heavy atom. The number of hydrogen-bond donors (Lipinski definition) is 2. The molecule has 17 heteroatoms. The highest BCUT2D eigenvalue weighted by molar-refractivity contribution is 8.77. The lowest BCUT2D eigenvalue weighted by Gasteiger charge is -2.23. The Balaban J connectivity index is 0.894. The van der Waals surface area contributed by atoms with Crippen LogP contribution in [0.4, 0.5) is 22.7 Å². The number of aryl methyl sites for hydroxylation is 2. The molecule has 0 radical (unpaired) electrons. The molecule has 0 aliphatic carbocycles. The molecule has 400 valence electrons. The summed E-state index contributed by atoms with van der Waals surface area (Å²) >= 11 is 0. The van der Waals surface area contributed by atoms with Gasteiger partial charge in [-0.1, -0.05) is 84.2 Å². The minimum absolute atomic E-state index is 0.00752. The molecule has 4 aliphatic rings. The third-order valence-electron chi connectivity index (χ3n) is 14.6. The summed E-state index contributed by atoms with van der Waals surface area (Å²) in [6, 6.07) is 28.9. The molecule has 0 saturated carbocycles. The summed E-state index contributed by atoms with van der Waals surface area (Å²) < 4.78 is 52.6. The van der Waals surface area contributed by atoms with Crippen LogP contribution in [0.15, 0.2) is 96.0 Å².